The molecule has 1 heterocycles. The lowest BCUT2D eigenvalue weighted by molar-refractivity contribution is -0.120. The molecule has 1 fully saturated rings. The molecule has 1 aromatic carbocycles. The first kappa shape index (κ1) is 13.5. The summed E-state index contributed by atoms with van der Waals surface area (Å²) >= 11 is 3.43. The molecule has 0 bridgehead atoms. The Morgan fingerprint density at radius 1 is 1.44 bits per heavy atom. The quantitative estimate of drug-likeness (QED) is 0.770. The van der Waals surface area contributed by atoms with Crippen molar-refractivity contribution in [2.75, 3.05) is 13.1 Å². The molecule has 98 valence electrons. The molecule has 1 aromatic rings. The summed E-state index contributed by atoms with van der Waals surface area (Å²) in [6.45, 7) is 0.890. The van der Waals surface area contributed by atoms with Gasteiger partial charge in [0.15, 0.2) is 0 Å². The molecule has 0 aromatic heterocycles. The summed E-state index contributed by atoms with van der Waals surface area (Å²) in [5.41, 5.74) is 6.59. The van der Waals surface area contributed by atoms with Crippen LogP contribution < -0.4 is 16.4 Å². The molecule has 5 heteroatoms. The van der Waals surface area contributed by atoms with Crippen molar-refractivity contribution >= 4 is 21.8 Å². The van der Waals surface area contributed by atoms with Crippen LogP contribution in [0.25, 0.3) is 0 Å². The number of benzene rings is 1. The second-order valence-electron chi connectivity index (χ2n) is 4.64. The van der Waals surface area contributed by atoms with Gasteiger partial charge in [-0.3, -0.25) is 4.79 Å². The van der Waals surface area contributed by atoms with E-state index in [2.05, 4.69) is 50.8 Å². The van der Waals surface area contributed by atoms with Crippen LogP contribution in [0.5, 0.6) is 0 Å². The van der Waals surface area contributed by atoms with E-state index >= 15 is 0 Å². The molecule has 0 radical (unpaired) electrons. The zero-order valence-electron chi connectivity index (χ0n) is 10.2. The van der Waals surface area contributed by atoms with Crippen molar-refractivity contribution in [1.29, 1.82) is 0 Å². The van der Waals surface area contributed by atoms with Crippen molar-refractivity contribution in [3.05, 3.63) is 34.3 Å². The van der Waals surface area contributed by atoms with Crippen molar-refractivity contribution < 1.29 is 4.79 Å². The van der Waals surface area contributed by atoms with Gasteiger partial charge in [0, 0.05) is 23.1 Å². The summed E-state index contributed by atoms with van der Waals surface area (Å²) in [6.07, 6.45) is 1.95. The second kappa shape index (κ2) is 6.31. The van der Waals surface area contributed by atoms with Crippen LogP contribution in [0.4, 0.5) is 0 Å². The van der Waals surface area contributed by atoms with Crippen LogP contribution in [0.1, 0.15) is 12.0 Å². The summed E-state index contributed by atoms with van der Waals surface area (Å²) in [6, 6.07) is 8.99. The molecular formula is C13H18BrN3O. The fourth-order valence-corrected chi connectivity index (χ4v) is 2.54. The maximum Gasteiger partial charge on any atom is 0.233 e. The minimum absolute atomic E-state index is 0.0634. The van der Waals surface area contributed by atoms with Gasteiger partial charge < -0.3 is 16.4 Å². The second-order valence-corrected chi connectivity index (χ2v) is 5.56. The van der Waals surface area contributed by atoms with Gasteiger partial charge in [0.1, 0.15) is 0 Å². The smallest absolute Gasteiger partial charge is 0.233 e. The number of halogens is 1. The lowest BCUT2D eigenvalue weighted by Crippen LogP contribution is -2.39. The predicted molar refractivity (Wildman–Crippen MR) is 75.2 cm³/mol. The molecule has 1 saturated heterocycles. The van der Waals surface area contributed by atoms with Gasteiger partial charge in [-0.15, -0.1) is 0 Å². The number of carbonyl (C=O) groups is 1. The van der Waals surface area contributed by atoms with E-state index in [0.717, 1.165) is 23.9 Å². The molecule has 4 nitrogen and oxygen atoms in total. The topological polar surface area (TPSA) is 67.2 Å². The summed E-state index contributed by atoms with van der Waals surface area (Å²) in [5.74, 6) is -0.0777. The van der Waals surface area contributed by atoms with Crippen LogP contribution in [-0.4, -0.2) is 31.1 Å². The highest BCUT2D eigenvalue weighted by atomic mass is 79.9. The van der Waals surface area contributed by atoms with E-state index in [1.807, 2.05) is 0 Å². The van der Waals surface area contributed by atoms with Crippen LogP contribution in [0, 0.1) is 0 Å². The van der Waals surface area contributed by atoms with Crippen molar-refractivity contribution in [1.82, 2.24) is 10.6 Å². The molecule has 4 N–H and O–H groups in total. The Morgan fingerprint density at radius 2 is 2.17 bits per heavy atom. The van der Waals surface area contributed by atoms with E-state index in [1.54, 1.807) is 0 Å². The van der Waals surface area contributed by atoms with Crippen LogP contribution in [0.2, 0.25) is 0 Å². The normalized spacial score (nSPS) is 23.0. The number of amides is 1. The van der Waals surface area contributed by atoms with Crippen molar-refractivity contribution in [2.24, 2.45) is 5.73 Å². The molecule has 1 aliphatic rings. The van der Waals surface area contributed by atoms with Gasteiger partial charge in [-0.05, 0) is 30.5 Å². The SMILES string of the molecule is NCC(=O)NC1CNC(Cc2ccc(Br)cc2)C1. The summed E-state index contributed by atoms with van der Waals surface area (Å²) in [4.78, 5) is 11.2. The third kappa shape index (κ3) is 3.80. The maximum atomic E-state index is 11.2. The molecule has 2 atom stereocenters. The molecule has 18 heavy (non-hydrogen) atoms. The third-order valence-electron chi connectivity index (χ3n) is 3.17. The monoisotopic (exact) mass is 311 g/mol. The minimum atomic E-state index is -0.0777. The first-order valence-corrected chi connectivity index (χ1v) is 6.94. The number of rotatable bonds is 4. The van der Waals surface area contributed by atoms with Gasteiger partial charge in [-0.1, -0.05) is 28.1 Å². The summed E-state index contributed by atoms with van der Waals surface area (Å²) in [5, 5.41) is 6.35. The van der Waals surface area contributed by atoms with Gasteiger partial charge >= 0.3 is 0 Å². The van der Waals surface area contributed by atoms with Gasteiger partial charge in [0.25, 0.3) is 0 Å². The zero-order chi connectivity index (χ0) is 13.0. The van der Waals surface area contributed by atoms with Gasteiger partial charge in [-0.2, -0.15) is 0 Å². The third-order valence-corrected chi connectivity index (χ3v) is 3.70. The van der Waals surface area contributed by atoms with E-state index in [4.69, 9.17) is 5.73 Å². The van der Waals surface area contributed by atoms with Crippen molar-refractivity contribution in [2.45, 2.75) is 24.9 Å². The Labute approximate surface area is 115 Å². The largest absolute Gasteiger partial charge is 0.351 e. The van der Waals surface area contributed by atoms with E-state index in [1.165, 1.54) is 5.56 Å². The Morgan fingerprint density at radius 3 is 2.83 bits per heavy atom. The molecule has 0 spiro atoms. The first-order chi connectivity index (χ1) is 8.67. The number of hydrogen-bond donors (Lipinski definition) is 3. The molecule has 0 saturated carbocycles. The average Bonchev–Trinajstić information content (AvgIpc) is 2.79. The molecular weight excluding hydrogens is 294 g/mol. The molecule has 2 rings (SSSR count). The standard InChI is InChI=1S/C13H18BrN3O/c14-10-3-1-9(2-4-10)5-11-6-12(8-16-11)17-13(18)7-15/h1-4,11-12,16H,5-8,15H2,(H,17,18). The summed E-state index contributed by atoms with van der Waals surface area (Å²) < 4.78 is 1.10. The summed E-state index contributed by atoms with van der Waals surface area (Å²) in [7, 11) is 0. The fraction of sp³-hybridized carbons (Fsp3) is 0.462. The Kier molecular flexibility index (Phi) is 4.74. The van der Waals surface area contributed by atoms with Crippen molar-refractivity contribution in [3.8, 4) is 0 Å². The Hall–Kier alpha value is -0.910. The van der Waals surface area contributed by atoms with Gasteiger partial charge in [-0.25, -0.2) is 0 Å². The Bertz CT molecular complexity index is 407. The lowest BCUT2D eigenvalue weighted by Gasteiger charge is -2.12. The molecule has 1 amide bonds. The predicted octanol–water partition coefficient (Wildman–Crippen LogP) is 0.797. The van der Waals surface area contributed by atoms with E-state index in [0.29, 0.717) is 6.04 Å². The van der Waals surface area contributed by atoms with E-state index < -0.39 is 0 Å². The van der Waals surface area contributed by atoms with Crippen molar-refractivity contribution in [3.63, 3.8) is 0 Å². The first-order valence-electron chi connectivity index (χ1n) is 6.14. The fourth-order valence-electron chi connectivity index (χ4n) is 2.28. The van der Waals surface area contributed by atoms with Crippen LogP contribution in [0.3, 0.4) is 0 Å². The van der Waals surface area contributed by atoms with Gasteiger partial charge in [0.05, 0.1) is 6.54 Å². The number of carbonyl (C=O) groups excluding carboxylic acids is 1. The number of hydrogen-bond acceptors (Lipinski definition) is 3. The van der Waals surface area contributed by atoms with E-state index in [9.17, 15) is 4.79 Å². The molecule has 0 aliphatic carbocycles. The highest BCUT2D eigenvalue weighted by Gasteiger charge is 2.24. The van der Waals surface area contributed by atoms with E-state index in [-0.39, 0.29) is 18.5 Å². The Balaban J connectivity index is 1.82. The lowest BCUT2D eigenvalue weighted by atomic mass is 10.0. The minimum Gasteiger partial charge on any atom is -0.351 e. The number of nitrogens with one attached hydrogen (secondary N) is 2. The molecule has 2 unspecified atom stereocenters. The van der Waals surface area contributed by atoms with Gasteiger partial charge in [0.2, 0.25) is 5.91 Å². The molecule has 1 aliphatic heterocycles. The average molecular weight is 312 g/mol. The number of nitrogens with two attached hydrogens (primary N) is 1. The maximum absolute atomic E-state index is 11.2. The van der Waals surface area contributed by atoms with Crippen LogP contribution >= 0.6 is 15.9 Å². The zero-order valence-corrected chi connectivity index (χ0v) is 11.7. The highest BCUT2D eigenvalue weighted by molar-refractivity contribution is 9.10. The van der Waals surface area contributed by atoms with Crippen LogP contribution in [-0.2, 0) is 11.2 Å². The van der Waals surface area contributed by atoms with Crippen LogP contribution in [0.15, 0.2) is 28.7 Å². The highest BCUT2D eigenvalue weighted by Crippen LogP contribution is 2.15.